The van der Waals surface area contributed by atoms with Crippen molar-refractivity contribution in [2.75, 3.05) is 13.2 Å². The number of benzene rings is 1. The maximum absolute atomic E-state index is 13.9. The number of carbonyl (C=O) groups excluding carboxylic acids is 1. The highest BCUT2D eigenvalue weighted by atomic mass is 16.3. The minimum atomic E-state index is -0.949. The standard InChI is InChI=1S/C38H47N3O5/c1-38(2,3)30-9-10-31-27(16-30)14-26-15-28(17-32(26)41-31)34(43)19-24(12-13-39-33-18-29(21-42)36(45)37(33)46)22-4-6-23(7-5-22)25-8-11-35(44)40-20-25/h4-8,11,14-15,20,24,29-30,33,36-37,39,42,45-46H,9-10,12-13,16-19,21H2,1-3H3,(H,40,44)/t24-,29+,30-,33+,36+,37-/m0/s1. The number of nitrogens with one attached hydrogen (secondary N) is 2. The first kappa shape index (κ1) is 32.5. The molecule has 1 saturated carbocycles. The molecule has 1 aromatic carbocycles. The van der Waals surface area contributed by atoms with E-state index in [9.17, 15) is 24.9 Å². The smallest absolute Gasteiger partial charge is 0.247 e. The van der Waals surface area contributed by atoms with E-state index in [-0.39, 0.29) is 41.2 Å². The van der Waals surface area contributed by atoms with Gasteiger partial charge in [-0.25, -0.2) is 0 Å². The lowest BCUT2D eigenvalue weighted by molar-refractivity contribution is -0.116. The number of hydrogen-bond donors (Lipinski definition) is 5. The molecule has 0 aliphatic heterocycles. The molecular formula is C38H47N3O5. The van der Waals surface area contributed by atoms with Gasteiger partial charge in [0.25, 0.3) is 0 Å². The van der Waals surface area contributed by atoms with Gasteiger partial charge in [0.15, 0.2) is 5.78 Å². The first-order chi connectivity index (χ1) is 22.0. The Morgan fingerprint density at radius 3 is 2.50 bits per heavy atom. The van der Waals surface area contributed by atoms with E-state index in [4.69, 9.17) is 4.98 Å². The molecule has 0 spiro atoms. The van der Waals surface area contributed by atoms with E-state index >= 15 is 0 Å². The predicted molar refractivity (Wildman–Crippen MR) is 179 cm³/mol. The molecule has 46 heavy (non-hydrogen) atoms. The molecule has 3 aromatic rings. The van der Waals surface area contributed by atoms with Crippen LogP contribution in [-0.4, -0.2) is 62.5 Å². The highest BCUT2D eigenvalue weighted by molar-refractivity contribution is 6.02. The lowest BCUT2D eigenvalue weighted by Gasteiger charge is -2.34. The van der Waals surface area contributed by atoms with Crippen molar-refractivity contribution in [3.63, 3.8) is 0 Å². The molecule has 5 N–H and O–H groups in total. The van der Waals surface area contributed by atoms with E-state index in [0.717, 1.165) is 52.8 Å². The number of pyridine rings is 2. The van der Waals surface area contributed by atoms with Crippen LogP contribution in [0.2, 0.25) is 0 Å². The number of aromatic nitrogens is 2. The van der Waals surface area contributed by atoms with Crippen LogP contribution in [0.4, 0.5) is 0 Å². The Morgan fingerprint density at radius 2 is 1.83 bits per heavy atom. The fourth-order valence-electron chi connectivity index (χ4n) is 7.56. The molecule has 2 aromatic heterocycles. The van der Waals surface area contributed by atoms with Gasteiger partial charge in [-0.1, -0.05) is 45.0 Å². The molecule has 8 heteroatoms. The van der Waals surface area contributed by atoms with Crippen molar-refractivity contribution in [1.82, 2.24) is 15.3 Å². The fourth-order valence-corrected chi connectivity index (χ4v) is 7.56. The molecule has 0 saturated heterocycles. The third kappa shape index (κ3) is 6.95. The highest BCUT2D eigenvalue weighted by Gasteiger charge is 2.40. The first-order valence-electron chi connectivity index (χ1n) is 16.7. The number of nitrogens with zero attached hydrogens (tertiary/aromatic N) is 1. The maximum atomic E-state index is 13.9. The van der Waals surface area contributed by atoms with Gasteiger partial charge in [-0.2, -0.15) is 0 Å². The van der Waals surface area contributed by atoms with Gasteiger partial charge >= 0.3 is 0 Å². The molecule has 0 unspecified atom stereocenters. The largest absolute Gasteiger partial charge is 0.396 e. The van der Waals surface area contributed by atoms with Crippen molar-refractivity contribution < 1.29 is 20.1 Å². The summed E-state index contributed by atoms with van der Waals surface area (Å²) in [4.78, 5) is 33.2. The number of rotatable bonds is 10. The number of fused-ring (bicyclic) bond motifs is 2. The second-order valence-corrected chi connectivity index (χ2v) is 14.7. The van der Waals surface area contributed by atoms with Crippen LogP contribution in [0.1, 0.15) is 80.5 Å². The van der Waals surface area contributed by atoms with Crippen molar-refractivity contribution in [1.29, 1.82) is 0 Å². The van der Waals surface area contributed by atoms with Crippen molar-refractivity contribution in [3.05, 3.63) is 92.7 Å². The third-order valence-electron chi connectivity index (χ3n) is 10.6. The van der Waals surface area contributed by atoms with Gasteiger partial charge in [0.05, 0.1) is 17.9 Å². The molecule has 0 radical (unpaired) electrons. The number of aliphatic hydroxyl groups excluding tert-OH is 3. The van der Waals surface area contributed by atoms with Gasteiger partial charge in [-0.3, -0.25) is 14.6 Å². The monoisotopic (exact) mass is 625 g/mol. The summed E-state index contributed by atoms with van der Waals surface area (Å²) in [7, 11) is 0. The quantitative estimate of drug-likeness (QED) is 0.226. The molecule has 3 aliphatic carbocycles. The van der Waals surface area contributed by atoms with Gasteiger partial charge in [0, 0.05) is 54.9 Å². The predicted octanol–water partition coefficient (Wildman–Crippen LogP) is 4.35. The number of ketones is 1. The Labute approximate surface area is 271 Å². The average Bonchev–Trinajstić information content (AvgIpc) is 3.58. The molecule has 0 amide bonds. The van der Waals surface area contributed by atoms with Gasteiger partial charge < -0.3 is 25.6 Å². The number of aromatic amines is 1. The van der Waals surface area contributed by atoms with Gasteiger partial charge in [-0.15, -0.1) is 0 Å². The lowest BCUT2D eigenvalue weighted by atomic mass is 9.71. The second-order valence-electron chi connectivity index (χ2n) is 14.7. The van der Waals surface area contributed by atoms with Gasteiger partial charge in [0.2, 0.25) is 5.56 Å². The minimum Gasteiger partial charge on any atom is -0.396 e. The summed E-state index contributed by atoms with van der Waals surface area (Å²) in [6.45, 7) is 7.33. The summed E-state index contributed by atoms with van der Waals surface area (Å²) in [5.74, 6) is 0.328. The number of H-pyrrole nitrogens is 1. The van der Waals surface area contributed by atoms with Crippen molar-refractivity contribution >= 4 is 11.9 Å². The number of carbonyl (C=O) groups is 1. The summed E-state index contributed by atoms with van der Waals surface area (Å²) in [6.07, 6.45) is 7.10. The zero-order valence-corrected chi connectivity index (χ0v) is 27.1. The molecule has 244 valence electrons. The summed E-state index contributed by atoms with van der Waals surface area (Å²) < 4.78 is 0. The molecule has 3 aliphatic rings. The van der Waals surface area contributed by atoms with Crippen LogP contribution >= 0.6 is 0 Å². The maximum Gasteiger partial charge on any atom is 0.247 e. The van der Waals surface area contributed by atoms with Crippen LogP contribution in [0.25, 0.3) is 17.2 Å². The van der Waals surface area contributed by atoms with E-state index in [1.54, 1.807) is 12.3 Å². The highest BCUT2D eigenvalue weighted by Crippen LogP contribution is 2.39. The van der Waals surface area contributed by atoms with E-state index in [1.807, 2.05) is 30.3 Å². The Hall–Kier alpha value is -3.43. The zero-order valence-electron chi connectivity index (χ0n) is 27.1. The van der Waals surface area contributed by atoms with E-state index in [1.165, 1.54) is 17.3 Å². The molecule has 6 rings (SSSR count). The Kier molecular flexibility index (Phi) is 9.44. The van der Waals surface area contributed by atoms with E-state index in [2.05, 4.69) is 37.1 Å². The summed E-state index contributed by atoms with van der Waals surface area (Å²) >= 11 is 0. The molecule has 6 atom stereocenters. The van der Waals surface area contributed by atoms with Crippen LogP contribution in [0.5, 0.6) is 0 Å². The normalized spacial score (nSPS) is 24.7. The van der Waals surface area contributed by atoms with Crippen LogP contribution < -0.4 is 10.9 Å². The van der Waals surface area contributed by atoms with E-state index < -0.39 is 12.2 Å². The topological polar surface area (TPSA) is 136 Å². The molecule has 1 fully saturated rings. The zero-order chi connectivity index (χ0) is 32.6. The number of Topliss-reactive ketones (excluding diaryl/α,β-unsaturated/α-hetero) is 1. The summed E-state index contributed by atoms with van der Waals surface area (Å²) in [5.41, 5.74) is 8.43. The van der Waals surface area contributed by atoms with Crippen LogP contribution in [0.15, 0.2) is 59.0 Å². The first-order valence-corrected chi connectivity index (χ1v) is 16.7. The Balaban J connectivity index is 1.18. The third-order valence-corrected chi connectivity index (χ3v) is 10.6. The number of hydrogen-bond acceptors (Lipinski definition) is 7. The molecule has 8 nitrogen and oxygen atoms in total. The Bertz CT molecular complexity index is 1630. The number of aryl methyl sites for hydroxylation is 1. The van der Waals surface area contributed by atoms with Crippen LogP contribution in [-0.2, 0) is 24.1 Å². The Morgan fingerprint density at radius 1 is 1.07 bits per heavy atom. The molecule has 2 heterocycles. The summed E-state index contributed by atoms with van der Waals surface area (Å²) in [5, 5.41) is 33.7. The van der Waals surface area contributed by atoms with Crippen LogP contribution in [0, 0.1) is 17.3 Å². The van der Waals surface area contributed by atoms with Crippen molar-refractivity contribution in [3.8, 4) is 11.1 Å². The van der Waals surface area contributed by atoms with Crippen molar-refractivity contribution in [2.24, 2.45) is 17.3 Å². The molecular weight excluding hydrogens is 578 g/mol. The number of aliphatic hydroxyl groups is 3. The number of allylic oxidation sites excluding steroid dienone is 1. The van der Waals surface area contributed by atoms with Gasteiger partial charge in [-0.05, 0) is 102 Å². The van der Waals surface area contributed by atoms with Gasteiger partial charge in [0.1, 0.15) is 0 Å². The van der Waals surface area contributed by atoms with Crippen molar-refractivity contribution in [2.45, 2.75) is 89.9 Å². The molecule has 0 bridgehead atoms. The fraction of sp³-hybridized carbons (Fsp3) is 0.500. The second kappa shape index (κ2) is 13.4. The lowest BCUT2D eigenvalue weighted by Crippen LogP contribution is -2.40. The minimum absolute atomic E-state index is 0.0694. The SMILES string of the molecule is CC(C)(C)[C@H]1CCc2nc3c(cc2C1)C=C(C(=O)C[C@H](CCN[C@@H]1C[C@H](CO)[C@@H](O)[C@H]1O)c1ccc(-c2ccc(=O)[nH]c2)cc1)C3. The van der Waals surface area contributed by atoms with Crippen LogP contribution in [0.3, 0.4) is 0 Å². The average molecular weight is 626 g/mol. The summed E-state index contributed by atoms with van der Waals surface area (Å²) in [6, 6.07) is 13.4. The van der Waals surface area contributed by atoms with E-state index in [0.29, 0.717) is 38.1 Å².